The number of likely N-dealkylation sites (tertiary alicyclic amines) is 1. The summed E-state index contributed by atoms with van der Waals surface area (Å²) in [6.45, 7) is 1.44. The number of hydrogen-bond donors (Lipinski definition) is 1. The summed E-state index contributed by atoms with van der Waals surface area (Å²) in [5, 5.41) is 4.54. The predicted octanol–water partition coefficient (Wildman–Crippen LogP) is 5.65. The molecule has 1 amide bonds. The van der Waals surface area contributed by atoms with Crippen LogP contribution in [0.4, 0.5) is 5.82 Å². The molecule has 1 aliphatic carbocycles. The minimum absolute atomic E-state index is 0.0238. The van der Waals surface area contributed by atoms with Crippen LogP contribution in [-0.4, -0.2) is 34.9 Å². The van der Waals surface area contributed by atoms with E-state index in [0.29, 0.717) is 27.6 Å². The second-order valence-corrected chi connectivity index (χ2v) is 9.20. The maximum absolute atomic E-state index is 13.2. The number of benzene rings is 1. The number of aromatic nitrogens is 1. The summed E-state index contributed by atoms with van der Waals surface area (Å²) in [5.74, 6) is 0.793. The number of carbonyl (C=O) groups excluding carboxylic acids is 1. The SMILES string of the molecule is O=C(c1cc(Cl)ccc1Br)N1CCC2(CC2)CC1CNc1ccc(Cl)cn1. The van der Waals surface area contributed by atoms with Gasteiger partial charge in [-0.25, -0.2) is 4.98 Å². The van der Waals surface area contributed by atoms with Crippen molar-refractivity contribution in [1.82, 2.24) is 9.88 Å². The summed E-state index contributed by atoms with van der Waals surface area (Å²) in [6.07, 6.45) is 6.26. The molecule has 1 N–H and O–H groups in total. The molecule has 7 heteroatoms. The van der Waals surface area contributed by atoms with Gasteiger partial charge in [0.2, 0.25) is 0 Å². The summed E-state index contributed by atoms with van der Waals surface area (Å²) >= 11 is 15.5. The van der Waals surface area contributed by atoms with E-state index in [4.69, 9.17) is 23.2 Å². The van der Waals surface area contributed by atoms with Gasteiger partial charge >= 0.3 is 0 Å². The number of rotatable bonds is 4. The lowest BCUT2D eigenvalue weighted by Crippen LogP contribution is -2.50. The predicted molar refractivity (Wildman–Crippen MR) is 113 cm³/mol. The van der Waals surface area contributed by atoms with Crippen molar-refractivity contribution in [2.75, 3.05) is 18.4 Å². The number of nitrogens with one attached hydrogen (secondary N) is 1. The Kier molecular flexibility index (Phi) is 5.36. The smallest absolute Gasteiger partial charge is 0.255 e. The summed E-state index contributed by atoms with van der Waals surface area (Å²) in [5.41, 5.74) is 1.05. The molecule has 2 fully saturated rings. The van der Waals surface area contributed by atoms with Crippen LogP contribution in [0.3, 0.4) is 0 Å². The van der Waals surface area contributed by atoms with Gasteiger partial charge in [-0.05, 0) is 77.4 Å². The Labute approximate surface area is 177 Å². The van der Waals surface area contributed by atoms with Gasteiger partial charge in [0, 0.05) is 34.8 Å². The zero-order valence-electron chi connectivity index (χ0n) is 14.7. The first-order chi connectivity index (χ1) is 13.0. The molecule has 1 spiro atoms. The molecule has 2 aliphatic rings. The van der Waals surface area contributed by atoms with Crippen molar-refractivity contribution in [2.45, 2.75) is 31.7 Å². The third kappa shape index (κ3) is 4.25. The number of piperidine rings is 1. The highest BCUT2D eigenvalue weighted by molar-refractivity contribution is 9.10. The average molecular weight is 469 g/mol. The van der Waals surface area contributed by atoms with Crippen LogP contribution >= 0.6 is 39.1 Å². The van der Waals surface area contributed by atoms with Crippen LogP contribution in [0.15, 0.2) is 41.0 Å². The van der Waals surface area contributed by atoms with Crippen molar-refractivity contribution < 1.29 is 4.79 Å². The lowest BCUT2D eigenvalue weighted by molar-refractivity contribution is 0.0545. The molecule has 0 bridgehead atoms. The highest BCUT2D eigenvalue weighted by Gasteiger charge is 2.49. The molecule has 1 saturated heterocycles. The molecule has 4 rings (SSSR count). The lowest BCUT2D eigenvalue weighted by Gasteiger charge is -2.40. The number of hydrogen-bond acceptors (Lipinski definition) is 3. The molecule has 2 aromatic rings. The number of amides is 1. The molecule has 1 unspecified atom stereocenters. The second kappa shape index (κ2) is 7.61. The van der Waals surface area contributed by atoms with Gasteiger partial charge in [-0.3, -0.25) is 4.79 Å². The van der Waals surface area contributed by atoms with E-state index in [1.165, 1.54) is 12.8 Å². The fraction of sp³-hybridized carbons (Fsp3) is 0.400. The van der Waals surface area contributed by atoms with Gasteiger partial charge in [-0.15, -0.1) is 0 Å². The molecule has 1 aromatic heterocycles. The molecular formula is C20H20BrCl2N3O. The van der Waals surface area contributed by atoms with E-state index < -0.39 is 0 Å². The molecule has 4 nitrogen and oxygen atoms in total. The van der Waals surface area contributed by atoms with Crippen molar-refractivity contribution in [3.05, 3.63) is 56.6 Å². The molecule has 2 heterocycles. The third-order valence-electron chi connectivity index (χ3n) is 5.62. The maximum Gasteiger partial charge on any atom is 0.255 e. The first-order valence-corrected chi connectivity index (χ1v) is 10.6. The maximum atomic E-state index is 13.2. The van der Waals surface area contributed by atoms with E-state index >= 15 is 0 Å². The molecule has 27 heavy (non-hydrogen) atoms. The van der Waals surface area contributed by atoms with Crippen LogP contribution in [0.2, 0.25) is 10.0 Å². The van der Waals surface area contributed by atoms with E-state index in [1.54, 1.807) is 18.3 Å². The van der Waals surface area contributed by atoms with Gasteiger partial charge in [0.1, 0.15) is 5.82 Å². The van der Waals surface area contributed by atoms with Gasteiger partial charge < -0.3 is 10.2 Å². The molecule has 0 radical (unpaired) electrons. The van der Waals surface area contributed by atoms with Gasteiger partial charge in [0.05, 0.1) is 10.6 Å². The van der Waals surface area contributed by atoms with Crippen LogP contribution in [0.5, 0.6) is 0 Å². The van der Waals surface area contributed by atoms with Gasteiger partial charge in [-0.1, -0.05) is 23.2 Å². The Morgan fingerprint density at radius 3 is 2.70 bits per heavy atom. The standard InChI is InChI=1S/C20H20BrCl2N3O/c21-17-3-1-13(22)9-16(17)19(27)26-8-7-20(5-6-20)10-15(26)12-25-18-4-2-14(23)11-24-18/h1-4,9,11,15H,5-8,10,12H2,(H,24,25). The monoisotopic (exact) mass is 467 g/mol. The van der Waals surface area contributed by atoms with Crippen LogP contribution in [0, 0.1) is 5.41 Å². The average Bonchev–Trinajstić information content (AvgIpc) is 3.41. The quantitative estimate of drug-likeness (QED) is 0.630. The zero-order valence-corrected chi connectivity index (χ0v) is 17.8. The first kappa shape index (κ1) is 19.0. The number of halogens is 3. The lowest BCUT2D eigenvalue weighted by atomic mass is 9.87. The topological polar surface area (TPSA) is 45.2 Å². The van der Waals surface area contributed by atoms with E-state index in [2.05, 4.69) is 26.2 Å². The molecular weight excluding hydrogens is 449 g/mol. The van der Waals surface area contributed by atoms with Crippen molar-refractivity contribution >= 4 is 50.9 Å². The summed E-state index contributed by atoms with van der Waals surface area (Å²) in [6, 6.07) is 9.14. The summed E-state index contributed by atoms with van der Waals surface area (Å²) in [4.78, 5) is 19.5. The summed E-state index contributed by atoms with van der Waals surface area (Å²) in [7, 11) is 0. The Morgan fingerprint density at radius 2 is 2.00 bits per heavy atom. The van der Waals surface area contributed by atoms with Gasteiger partial charge in [-0.2, -0.15) is 0 Å². The van der Waals surface area contributed by atoms with Gasteiger partial charge in [0.25, 0.3) is 5.91 Å². The number of pyridine rings is 1. The van der Waals surface area contributed by atoms with Crippen LogP contribution in [0.25, 0.3) is 0 Å². The molecule has 142 valence electrons. The molecule has 1 aromatic carbocycles. The zero-order chi connectivity index (χ0) is 19.0. The number of nitrogens with zero attached hydrogens (tertiary/aromatic N) is 2. The normalized spacial score (nSPS) is 20.6. The van der Waals surface area contributed by atoms with Crippen LogP contribution < -0.4 is 5.32 Å². The molecule has 1 atom stereocenters. The largest absolute Gasteiger partial charge is 0.368 e. The van der Waals surface area contributed by atoms with E-state index in [0.717, 1.165) is 29.7 Å². The van der Waals surface area contributed by atoms with Crippen molar-refractivity contribution in [3.8, 4) is 0 Å². The number of carbonyl (C=O) groups is 1. The van der Waals surface area contributed by atoms with Gasteiger partial charge in [0.15, 0.2) is 0 Å². The van der Waals surface area contributed by atoms with Crippen molar-refractivity contribution in [2.24, 2.45) is 5.41 Å². The first-order valence-electron chi connectivity index (χ1n) is 9.07. The Balaban J connectivity index is 1.53. The third-order valence-corrected chi connectivity index (χ3v) is 6.77. The molecule has 1 aliphatic heterocycles. The summed E-state index contributed by atoms with van der Waals surface area (Å²) < 4.78 is 0.773. The van der Waals surface area contributed by atoms with E-state index in [1.807, 2.05) is 23.1 Å². The van der Waals surface area contributed by atoms with Crippen molar-refractivity contribution in [3.63, 3.8) is 0 Å². The highest BCUT2D eigenvalue weighted by Crippen LogP contribution is 2.55. The fourth-order valence-corrected chi connectivity index (χ4v) is 4.55. The Bertz CT molecular complexity index is 855. The second-order valence-electron chi connectivity index (χ2n) is 7.47. The van der Waals surface area contributed by atoms with Crippen LogP contribution in [0.1, 0.15) is 36.0 Å². The highest BCUT2D eigenvalue weighted by atomic mass is 79.9. The van der Waals surface area contributed by atoms with Crippen LogP contribution in [-0.2, 0) is 0 Å². The minimum atomic E-state index is 0.0238. The molecule has 1 saturated carbocycles. The van der Waals surface area contributed by atoms with E-state index in [-0.39, 0.29) is 11.9 Å². The van der Waals surface area contributed by atoms with Crippen molar-refractivity contribution in [1.29, 1.82) is 0 Å². The Morgan fingerprint density at radius 1 is 1.22 bits per heavy atom. The minimum Gasteiger partial charge on any atom is -0.368 e. The number of anilines is 1. The van der Waals surface area contributed by atoms with E-state index in [9.17, 15) is 4.79 Å². The Hall–Kier alpha value is -1.30. The fourth-order valence-electron chi connectivity index (χ4n) is 3.85.